The molecular weight excluding hydrogens is 304 g/mol. The van der Waals surface area contributed by atoms with Crippen molar-refractivity contribution >= 4 is 12.1 Å². The lowest BCUT2D eigenvalue weighted by molar-refractivity contribution is 0.0278. The molecule has 0 radical (unpaired) electrons. The van der Waals surface area contributed by atoms with Gasteiger partial charge in [-0.3, -0.25) is 4.99 Å². The zero-order valence-electron chi connectivity index (χ0n) is 16.3. The summed E-state index contributed by atoms with van der Waals surface area (Å²) in [5, 5.41) is 3.21. The number of ether oxygens (including phenoxy) is 1. The number of hydrogen-bond acceptors (Lipinski definition) is 3. The Balaban J connectivity index is 0.00000139. The van der Waals surface area contributed by atoms with Crippen molar-refractivity contribution in [3.63, 3.8) is 0 Å². The van der Waals surface area contributed by atoms with Gasteiger partial charge in [0, 0.05) is 45.1 Å². The summed E-state index contributed by atoms with van der Waals surface area (Å²) >= 11 is 0. The number of allylic oxidation sites excluding steroid dienone is 1. The summed E-state index contributed by atoms with van der Waals surface area (Å²) in [6.07, 6.45) is 3.65. The number of amides is 1. The predicted octanol–water partition coefficient (Wildman–Crippen LogP) is 2.92. The Labute approximate surface area is 146 Å². The van der Waals surface area contributed by atoms with Crippen LogP contribution in [0.3, 0.4) is 0 Å². The molecule has 2 heterocycles. The first kappa shape index (κ1) is 20.3. The highest BCUT2D eigenvalue weighted by Crippen LogP contribution is 2.31. The van der Waals surface area contributed by atoms with Crippen LogP contribution in [0.1, 0.15) is 41.5 Å². The molecule has 1 amide bonds. The topological polar surface area (TPSA) is 57.2 Å². The van der Waals surface area contributed by atoms with Gasteiger partial charge in [0.1, 0.15) is 5.60 Å². The Morgan fingerprint density at radius 3 is 2.04 bits per heavy atom. The zero-order chi connectivity index (χ0) is 18.3. The molecule has 138 valence electrons. The van der Waals surface area contributed by atoms with Gasteiger partial charge in [-0.1, -0.05) is 19.9 Å². The van der Waals surface area contributed by atoms with E-state index in [4.69, 9.17) is 4.74 Å². The van der Waals surface area contributed by atoms with Crippen LogP contribution in [0, 0.1) is 11.8 Å². The first-order valence-corrected chi connectivity index (χ1v) is 8.91. The van der Waals surface area contributed by atoms with Crippen molar-refractivity contribution in [3.8, 4) is 0 Å². The lowest BCUT2D eigenvalue weighted by Gasteiger charge is -2.26. The maximum atomic E-state index is 12.1. The minimum atomic E-state index is -0.431. The van der Waals surface area contributed by atoms with Crippen LogP contribution >= 0.6 is 0 Å². The molecule has 6 nitrogen and oxygen atoms in total. The van der Waals surface area contributed by atoms with Crippen molar-refractivity contribution in [3.05, 3.63) is 12.3 Å². The van der Waals surface area contributed by atoms with Crippen LogP contribution in [0.15, 0.2) is 17.3 Å². The summed E-state index contributed by atoms with van der Waals surface area (Å²) in [6, 6.07) is 0. The maximum Gasteiger partial charge on any atom is 0.410 e. The van der Waals surface area contributed by atoms with E-state index in [1.54, 1.807) is 7.05 Å². The molecule has 0 saturated carbocycles. The first-order valence-electron chi connectivity index (χ1n) is 8.91. The van der Waals surface area contributed by atoms with E-state index < -0.39 is 5.60 Å². The Morgan fingerprint density at radius 1 is 1.12 bits per heavy atom. The van der Waals surface area contributed by atoms with Gasteiger partial charge in [-0.15, -0.1) is 0 Å². The second kappa shape index (κ2) is 8.94. The summed E-state index contributed by atoms with van der Waals surface area (Å²) in [5.41, 5.74) is -0.431. The third-order valence-corrected chi connectivity index (χ3v) is 4.03. The van der Waals surface area contributed by atoms with Crippen molar-refractivity contribution in [2.45, 2.75) is 47.1 Å². The van der Waals surface area contributed by atoms with E-state index in [1.165, 1.54) is 0 Å². The van der Waals surface area contributed by atoms with Crippen LogP contribution in [-0.2, 0) is 4.74 Å². The molecule has 0 spiro atoms. The summed E-state index contributed by atoms with van der Waals surface area (Å²) in [5.74, 6) is 1.89. The monoisotopic (exact) mass is 338 g/mol. The zero-order valence-corrected chi connectivity index (χ0v) is 16.3. The van der Waals surface area contributed by atoms with E-state index in [0.29, 0.717) is 11.8 Å². The molecule has 2 rings (SSSR count). The van der Waals surface area contributed by atoms with Crippen LogP contribution in [0.4, 0.5) is 4.79 Å². The van der Waals surface area contributed by atoms with Gasteiger partial charge < -0.3 is 19.9 Å². The Hall–Kier alpha value is -1.72. The standard InChI is InChI=1S/C16H28N4O2.C2H6/c1-6-7-18-14(17-5)19-8-12-10-20(11-13(12)9-19)15(21)22-16(2,3)4;1-2/h6-7,12-13H,8-11H2,1-5H3,(H,17,18);1-2H3/b7-6-;. The number of carbonyl (C=O) groups excluding carboxylic acids is 1. The van der Waals surface area contributed by atoms with Crippen LogP contribution in [-0.4, -0.2) is 60.7 Å². The van der Waals surface area contributed by atoms with E-state index in [1.807, 2.05) is 58.7 Å². The molecule has 6 heteroatoms. The molecule has 0 aromatic rings. The van der Waals surface area contributed by atoms with E-state index in [-0.39, 0.29) is 6.09 Å². The Kier molecular flexibility index (Phi) is 7.58. The van der Waals surface area contributed by atoms with Gasteiger partial charge >= 0.3 is 6.09 Å². The summed E-state index contributed by atoms with van der Waals surface area (Å²) < 4.78 is 5.46. The molecule has 0 aliphatic carbocycles. The van der Waals surface area contributed by atoms with E-state index >= 15 is 0 Å². The molecule has 0 bridgehead atoms. The molecule has 24 heavy (non-hydrogen) atoms. The highest BCUT2D eigenvalue weighted by atomic mass is 16.6. The third kappa shape index (κ3) is 5.42. The largest absolute Gasteiger partial charge is 0.444 e. The normalized spacial score (nSPS) is 23.9. The number of guanidine groups is 1. The Bertz CT molecular complexity index is 454. The number of rotatable bonds is 1. The van der Waals surface area contributed by atoms with Gasteiger partial charge in [-0.25, -0.2) is 4.79 Å². The smallest absolute Gasteiger partial charge is 0.410 e. The van der Waals surface area contributed by atoms with Crippen LogP contribution < -0.4 is 5.32 Å². The SMILES string of the molecule is C/C=C\NC(=NC)N1CC2CN(C(=O)OC(C)(C)C)CC2C1.CC. The van der Waals surface area contributed by atoms with Gasteiger partial charge in [-0.05, 0) is 33.9 Å². The average molecular weight is 338 g/mol. The minimum Gasteiger partial charge on any atom is -0.444 e. The van der Waals surface area contributed by atoms with Crippen LogP contribution in [0.5, 0.6) is 0 Å². The number of carbonyl (C=O) groups is 1. The molecule has 2 unspecified atom stereocenters. The number of fused-ring (bicyclic) bond motifs is 1. The number of nitrogens with one attached hydrogen (secondary N) is 1. The molecule has 2 aliphatic heterocycles. The second-order valence-corrected chi connectivity index (χ2v) is 7.00. The highest BCUT2D eigenvalue weighted by molar-refractivity contribution is 5.81. The van der Waals surface area contributed by atoms with Crippen molar-refractivity contribution in [2.75, 3.05) is 33.2 Å². The second-order valence-electron chi connectivity index (χ2n) is 7.00. The molecular formula is C18H34N4O2. The molecule has 2 fully saturated rings. The Morgan fingerprint density at radius 2 is 1.62 bits per heavy atom. The number of hydrogen-bond donors (Lipinski definition) is 1. The minimum absolute atomic E-state index is 0.190. The van der Waals surface area contributed by atoms with Gasteiger partial charge in [0.15, 0.2) is 5.96 Å². The van der Waals surface area contributed by atoms with Crippen molar-refractivity contribution in [2.24, 2.45) is 16.8 Å². The van der Waals surface area contributed by atoms with Gasteiger partial charge in [0.25, 0.3) is 0 Å². The average Bonchev–Trinajstić information content (AvgIpc) is 3.07. The van der Waals surface area contributed by atoms with Gasteiger partial charge in [0.2, 0.25) is 0 Å². The van der Waals surface area contributed by atoms with Gasteiger partial charge in [0.05, 0.1) is 0 Å². The quantitative estimate of drug-likeness (QED) is 0.590. The summed E-state index contributed by atoms with van der Waals surface area (Å²) in [4.78, 5) is 20.6. The summed E-state index contributed by atoms with van der Waals surface area (Å²) in [6.45, 7) is 15.1. The predicted molar refractivity (Wildman–Crippen MR) is 99.0 cm³/mol. The maximum absolute atomic E-state index is 12.1. The first-order chi connectivity index (χ1) is 11.3. The lowest BCUT2D eigenvalue weighted by atomic mass is 10.0. The molecule has 0 aromatic carbocycles. The number of likely N-dealkylation sites (tertiary alicyclic amines) is 2. The summed E-state index contributed by atoms with van der Waals surface area (Å²) in [7, 11) is 1.80. The number of aliphatic imine (C=N–C) groups is 1. The van der Waals surface area contributed by atoms with E-state index in [0.717, 1.165) is 32.1 Å². The molecule has 1 N–H and O–H groups in total. The molecule has 0 aromatic heterocycles. The van der Waals surface area contributed by atoms with Crippen molar-refractivity contribution in [1.82, 2.24) is 15.1 Å². The van der Waals surface area contributed by atoms with Crippen LogP contribution in [0.2, 0.25) is 0 Å². The fourth-order valence-corrected chi connectivity index (χ4v) is 3.10. The lowest BCUT2D eigenvalue weighted by Crippen LogP contribution is -2.41. The fraction of sp³-hybridized carbons (Fsp3) is 0.778. The van der Waals surface area contributed by atoms with Crippen molar-refractivity contribution < 1.29 is 9.53 Å². The molecule has 2 aliphatic rings. The number of nitrogens with zero attached hydrogens (tertiary/aromatic N) is 3. The van der Waals surface area contributed by atoms with Gasteiger partial charge in [-0.2, -0.15) is 0 Å². The highest BCUT2D eigenvalue weighted by Gasteiger charge is 2.43. The van der Waals surface area contributed by atoms with Crippen LogP contribution in [0.25, 0.3) is 0 Å². The molecule has 2 saturated heterocycles. The molecule has 2 atom stereocenters. The third-order valence-electron chi connectivity index (χ3n) is 4.03. The van der Waals surface area contributed by atoms with Crippen molar-refractivity contribution in [1.29, 1.82) is 0 Å². The van der Waals surface area contributed by atoms with E-state index in [9.17, 15) is 4.79 Å². The van der Waals surface area contributed by atoms with E-state index in [2.05, 4.69) is 15.2 Å². The fourth-order valence-electron chi connectivity index (χ4n) is 3.10.